The maximum absolute atomic E-state index is 13.7. The first kappa shape index (κ1) is 22.8. The van der Waals surface area contributed by atoms with E-state index in [9.17, 15) is 9.59 Å². The molecule has 1 N–H and O–H groups in total. The van der Waals surface area contributed by atoms with Gasteiger partial charge in [-0.15, -0.1) is 0 Å². The van der Waals surface area contributed by atoms with Crippen LogP contribution in [0.25, 0.3) is 11.0 Å². The molecule has 174 valence electrons. The molecule has 2 aromatic heterocycles. The van der Waals surface area contributed by atoms with E-state index in [-0.39, 0.29) is 23.8 Å². The number of carbonyl (C=O) groups excluding carboxylic acids is 2. The highest BCUT2D eigenvalue weighted by Gasteiger charge is 2.36. The van der Waals surface area contributed by atoms with Gasteiger partial charge in [-0.1, -0.05) is 13.8 Å². The Bertz CT molecular complexity index is 1170. The highest BCUT2D eigenvalue weighted by atomic mass is 16.5. The molecule has 0 saturated carbocycles. The lowest BCUT2D eigenvalue weighted by Crippen LogP contribution is -2.43. The monoisotopic (exact) mass is 449 g/mol. The number of anilines is 1. The molecule has 0 bridgehead atoms. The van der Waals surface area contributed by atoms with Crippen molar-refractivity contribution in [3.63, 3.8) is 0 Å². The molecule has 0 radical (unpaired) electrons. The number of benzene rings is 1. The minimum absolute atomic E-state index is 0.121. The van der Waals surface area contributed by atoms with Crippen molar-refractivity contribution < 1.29 is 14.3 Å². The lowest BCUT2D eigenvalue weighted by molar-refractivity contribution is -0.119. The highest BCUT2D eigenvalue weighted by molar-refractivity contribution is 6.08. The van der Waals surface area contributed by atoms with E-state index in [1.807, 2.05) is 24.6 Å². The van der Waals surface area contributed by atoms with Crippen LogP contribution in [-0.2, 0) is 4.79 Å². The second-order valence-electron chi connectivity index (χ2n) is 9.04. The molecule has 1 aromatic carbocycles. The van der Waals surface area contributed by atoms with Gasteiger partial charge in [0.1, 0.15) is 11.8 Å². The number of likely N-dealkylation sites (tertiary alicyclic amines) is 1. The average Bonchev–Trinajstić information content (AvgIpc) is 3.46. The van der Waals surface area contributed by atoms with Gasteiger partial charge in [0, 0.05) is 24.0 Å². The van der Waals surface area contributed by atoms with E-state index in [1.165, 1.54) is 0 Å². The Morgan fingerprint density at radius 1 is 1.15 bits per heavy atom. The zero-order valence-electron chi connectivity index (χ0n) is 19.8. The van der Waals surface area contributed by atoms with E-state index in [2.05, 4.69) is 24.3 Å². The summed E-state index contributed by atoms with van der Waals surface area (Å²) < 4.78 is 7.01. The van der Waals surface area contributed by atoms with Crippen LogP contribution in [0.4, 0.5) is 5.69 Å². The molecule has 3 aromatic rings. The smallest absolute Gasteiger partial charge is 0.255 e. The number of methoxy groups -OCH3 is 1. The van der Waals surface area contributed by atoms with E-state index in [4.69, 9.17) is 9.72 Å². The van der Waals surface area contributed by atoms with Gasteiger partial charge in [0.25, 0.3) is 5.91 Å². The zero-order chi connectivity index (χ0) is 23.7. The van der Waals surface area contributed by atoms with Gasteiger partial charge in [0.15, 0.2) is 5.65 Å². The Balaban J connectivity index is 1.64. The van der Waals surface area contributed by atoms with Crippen molar-refractivity contribution in [1.29, 1.82) is 0 Å². The van der Waals surface area contributed by atoms with Gasteiger partial charge in [-0.3, -0.25) is 9.59 Å². The third kappa shape index (κ3) is 4.42. The Kier molecular flexibility index (Phi) is 6.35. The molecule has 33 heavy (non-hydrogen) atoms. The number of pyridine rings is 1. The number of aromatic nitrogens is 3. The standard InChI is InChI=1S/C25H31N5O3/c1-15(2)21-13-19(20-14-26-30(16(3)4)23(20)28-21)25(32)29-12-6-7-22(29)24(31)27-17-8-10-18(33-5)11-9-17/h8-11,13-16,22H,6-7,12H2,1-5H3,(H,27,31)/t22-/m0/s1. The molecule has 8 nitrogen and oxygen atoms in total. The molecule has 8 heteroatoms. The Morgan fingerprint density at radius 3 is 2.52 bits per heavy atom. The summed E-state index contributed by atoms with van der Waals surface area (Å²) in [6, 6.07) is 8.62. The molecule has 1 atom stereocenters. The average molecular weight is 450 g/mol. The lowest BCUT2D eigenvalue weighted by atomic mass is 10.0. The minimum Gasteiger partial charge on any atom is -0.497 e. The van der Waals surface area contributed by atoms with Crippen LogP contribution in [0.5, 0.6) is 5.75 Å². The Morgan fingerprint density at radius 2 is 1.88 bits per heavy atom. The van der Waals surface area contributed by atoms with Crippen molar-refractivity contribution in [3.8, 4) is 5.75 Å². The quantitative estimate of drug-likeness (QED) is 0.603. The highest BCUT2D eigenvalue weighted by Crippen LogP contribution is 2.28. The first-order valence-corrected chi connectivity index (χ1v) is 11.4. The lowest BCUT2D eigenvalue weighted by Gasteiger charge is -2.25. The number of ether oxygens (including phenoxy) is 1. The van der Waals surface area contributed by atoms with Crippen LogP contribution in [0.15, 0.2) is 36.5 Å². The fourth-order valence-electron chi connectivity index (χ4n) is 4.23. The number of amides is 2. The second kappa shape index (κ2) is 9.21. The van der Waals surface area contributed by atoms with Gasteiger partial charge in [-0.05, 0) is 62.9 Å². The van der Waals surface area contributed by atoms with Crippen molar-refractivity contribution in [2.45, 2.75) is 58.5 Å². The molecule has 4 rings (SSSR count). The second-order valence-corrected chi connectivity index (χ2v) is 9.04. The number of hydrogen-bond donors (Lipinski definition) is 1. The molecular formula is C25H31N5O3. The molecule has 3 heterocycles. The number of nitrogens with one attached hydrogen (secondary N) is 1. The van der Waals surface area contributed by atoms with Gasteiger partial charge in [0.2, 0.25) is 5.91 Å². The Labute approximate surface area is 193 Å². The predicted molar refractivity (Wildman–Crippen MR) is 128 cm³/mol. The summed E-state index contributed by atoms with van der Waals surface area (Å²) in [6.07, 6.45) is 3.12. The van der Waals surface area contributed by atoms with Crippen molar-refractivity contribution in [2.24, 2.45) is 0 Å². The number of fused-ring (bicyclic) bond motifs is 1. The molecule has 0 spiro atoms. The number of carbonyl (C=O) groups is 2. The molecule has 1 fully saturated rings. The summed E-state index contributed by atoms with van der Waals surface area (Å²) in [4.78, 5) is 33.3. The van der Waals surface area contributed by atoms with Gasteiger partial charge >= 0.3 is 0 Å². The molecule has 1 aliphatic heterocycles. The van der Waals surface area contributed by atoms with E-state index in [0.29, 0.717) is 29.9 Å². The van der Waals surface area contributed by atoms with Gasteiger partial charge in [-0.25, -0.2) is 9.67 Å². The molecule has 1 saturated heterocycles. The molecule has 2 amide bonds. The van der Waals surface area contributed by atoms with Crippen molar-refractivity contribution >= 4 is 28.5 Å². The largest absolute Gasteiger partial charge is 0.497 e. The topological polar surface area (TPSA) is 89.3 Å². The van der Waals surface area contributed by atoms with Crippen molar-refractivity contribution in [3.05, 3.63) is 47.8 Å². The SMILES string of the molecule is COc1ccc(NC(=O)[C@@H]2CCCN2C(=O)c2cc(C(C)C)nc3c2cnn3C(C)C)cc1. The first-order valence-electron chi connectivity index (χ1n) is 11.4. The Hall–Kier alpha value is -3.42. The van der Waals surface area contributed by atoms with Crippen LogP contribution in [0.2, 0.25) is 0 Å². The third-order valence-corrected chi connectivity index (χ3v) is 6.07. The zero-order valence-corrected chi connectivity index (χ0v) is 19.8. The van der Waals surface area contributed by atoms with Crippen molar-refractivity contribution in [2.75, 3.05) is 19.0 Å². The number of nitrogens with zero attached hydrogens (tertiary/aromatic N) is 4. The molecule has 0 unspecified atom stereocenters. The van der Waals surface area contributed by atoms with Crippen molar-refractivity contribution in [1.82, 2.24) is 19.7 Å². The summed E-state index contributed by atoms with van der Waals surface area (Å²) in [5, 5.41) is 8.14. The summed E-state index contributed by atoms with van der Waals surface area (Å²) >= 11 is 0. The molecule has 1 aliphatic rings. The van der Waals surface area contributed by atoms with E-state index < -0.39 is 6.04 Å². The first-order chi connectivity index (χ1) is 15.8. The fraction of sp³-hybridized carbons (Fsp3) is 0.440. The minimum atomic E-state index is -0.523. The van der Waals surface area contributed by atoms with Crippen LogP contribution in [-0.4, -0.2) is 51.2 Å². The van der Waals surface area contributed by atoms with E-state index in [0.717, 1.165) is 23.3 Å². The predicted octanol–water partition coefficient (Wildman–Crippen LogP) is 4.39. The molecular weight excluding hydrogens is 418 g/mol. The third-order valence-electron chi connectivity index (χ3n) is 6.07. The van der Waals surface area contributed by atoms with Crippen LogP contribution < -0.4 is 10.1 Å². The van der Waals surface area contributed by atoms with Gasteiger partial charge < -0.3 is 15.0 Å². The van der Waals surface area contributed by atoms with Crippen LogP contribution in [0, 0.1) is 0 Å². The van der Waals surface area contributed by atoms with Crippen LogP contribution >= 0.6 is 0 Å². The number of rotatable bonds is 6. The summed E-state index contributed by atoms with van der Waals surface area (Å²) in [5.41, 5.74) is 2.77. The van der Waals surface area contributed by atoms with Gasteiger partial charge in [0.05, 0.1) is 24.3 Å². The molecule has 0 aliphatic carbocycles. The number of hydrogen-bond acceptors (Lipinski definition) is 5. The van der Waals surface area contributed by atoms with Crippen LogP contribution in [0.3, 0.4) is 0 Å². The summed E-state index contributed by atoms with van der Waals surface area (Å²) in [6.45, 7) is 8.73. The maximum atomic E-state index is 13.7. The maximum Gasteiger partial charge on any atom is 0.255 e. The fourth-order valence-corrected chi connectivity index (χ4v) is 4.23. The van der Waals surface area contributed by atoms with Crippen LogP contribution in [0.1, 0.15) is 68.5 Å². The summed E-state index contributed by atoms with van der Waals surface area (Å²) in [7, 11) is 1.60. The normalized spacial score (nSPS) is 16.1. The van der Waals surface area contributed by atoms with E-state index in [1.54, 1.807) is 42.5 Å². The summed E-state index contributed by atoms with van der Waals surface area (Å²) in [5.74, 6) is 0.540. The van der Waals surface area contributed by atoms with Gasteiger partial charge in [-0.2, -0.15) is 5.10 Å². The van der Waals surface area contributed by atoms with E-state index >= 15 is 0 Å².